The first-order valence-corrected chi connectivity index (χ1v) is 7.68. The fraction of sp³-hybridized carbons (Fsp3) is 0.167. The highest BCUT2D eigenvalue weighted by atomic mass is 19.4. The topological polar surface area (TPSA) is 68.0 Å². The van der Waals surface area contributed by atoms with Crippen molar-refractivity contribution >= 4 is 5.91 Å². The van der Waals surface area contributed by atoms with Gasteiger partial charge in [0, 0.05) is 11.1 Å². The van der Waals surface area contributed by atoms with Gasteiger partial charge in [-0.25, -0.2) is 0 Å². The Bertz CT molecular complexity index is 918. The van der Waals surface area contributed by atoms with Crippen LogP contribution in [0.1, 0.15) is 27.4 Å². The van der Waals surface area contributed by atoms with Crippen LogP contribution in [0.25, 0.3) is 11.5 Å². The van der Waals surface area contributed by atoms with Gasteiger partial charge in [0.2, 0.25) is 11.8 Å². The van der Waals surface area contributed by atoms with Crippen LogP contribution in [-0.4, -0.2) is 16.1 Å². The highest BCUT2D eigenvalue weighted by Gasteiger charge is 2.30. The minimum absolute atomic E-state index is 0.0290. The first kappa shape index (κ1) is 17.7. The molecule has 0 atom stereocenters. The first-order chi connectivity index (χ1) is 12.3. The van der Waals surface area contributed by atoms with Crippen molar-refractivity contribution in [2.75, 3.05) is 0 Å². The summed E-state index contributed by atoms with van der Waals surface area (Å²) in [6.07, 6.45) is -4.44. The van der Waals surface area contributed by atoms with Crippen molar-refractivity contribution in [1.82, 2.24) is 15.5 Å². The van der Waals surface area contributed by atoms with Crippen LogP contribution >= 0.6 is 0 Å². The van der Waals surface area contributed by atoms with Gasteiger partial charge in [-0.2, -0.15) is 13.2 Å². The average molecular weight is 361 g/mol. The molecule has 8 heteroatoms. The molecule has 3 rings (SSSR count). The molecule has 0 spiro atoms. The van der Waals surface area contributed by atoms with Gasteiger partial charge in [-0.05, 0) is 42.8 Å². The molecule has 3 aromatic rings. The van der Waals surface area contributed by atoms with E-state index in [1.165, 1.54) is 0 Å². The molecule has 0 bridgehead atoms. The van der Waals surface area contributed by atoms with E-state index in [1.807, 2.05) is 31.2 Å². The van der Waals surface area contributed by atoms with E-state index >= 15 is 0 Å². The van der Waals surface area contributed by atoms with Crippen LogP contribution in [-0.2, 0) is 12.7 Å². The van der Waals surface area contributed by atoms with Gasteiger partial charge in [-0.15, -0.1) is 10.2 Å². The molecular formula is C18H14F3N3O2. The Hall–Kier alpha value is -3.16. The summed E-state index contributed by atoms with van der Waals surface area (Å²) in [5.74, 6) is -0.000222. The van der Waals surface area contributed by atoms with E-state index in [0.29, 0.717) is 5.89 Å². The van der Waals surface area contributed by atoms with E-state index in [-0.39, 0.29) is 18.0 Å². The smallest absolute Gasteiger partial charge is 0.416 e. The largest absolute Gasteiger partial charge is 0.419 e. The zero-order valence-electron chi connectivity index (χ0n) is 13.7. The Balaban J connectivity index is 1.64. The summed E-state index contributed by atoms with van der Waals surface area (Å²) in [6, 6.07) is 11.4. The maximum absolute atomic E-state index is 12.5. The minimum atomic E-state index is -4.44. The number of carbonyl (C=O) groups excluding carboxylic acids is 1. The van der Waals surface area contributed by atoms with Crippen molar-refractivity contribution in [1.29, 1.82) is 0 Å². The molecule has 1 amide bonds. The molecule has 0 radical (unpaired) electrons. The van der Waals surface area contributed by atoms with Crippen LogP contribution < -0.4 is 5.32 Å². The summed E-state index contributed by atoms with van der Waals surface area (Å²) in [6.45, 7) is 1.88. The number of carbonyl (C=O) groups is 1. The summed E-state index contributed by atoms with van der Waals surface area (Å²) < 4.78 is 43.1. The van der Waals surface area contributed by atoms with E-state index in [2.05, 4.69) is 15.5 Å². The van der Waals surface area contributed by atoms with Crippen LogP contribution in [0.3, 0.4) is 0 Å². The van der Waals surface area contributed by atoms with Gasteiger partial charge in [0.1, 0.15) is 0 Å². The van der Waals surface area contributed by atoms with Crippen molar-refractivity contribution in [3.63, 3.8) is 0 Å². The number of hydrogen-bond donors (Lipinski definition) is 1. The molecule has 0 aliphatic carbocycles. The molecule has 0 saturated heterocycles. The van der Waals surface area contributed by atoms with Crippen molar-refractivity contribution in [2.24, 2.45) is 0 Å². The van der Waals surface area contributed by atoms with Crippen LogP contribution in [0.15, 0.2) is 52.9 Å². The number of benzene rings is 2. The molecule has 0 aliphatic rings. The second-order valence-corrected chi connectivity index (χ2v) is 5.57. The highest BCUT2D eigenvalue weighted by Crippen LogP contribution is 2.29. The molecule has 1 heterocycles. The number of nitrogens with one attached hydrogen (secondary N) is 1. The summed E-state index contributed by atoms with van der Waals surface area (Å²) in [5, 5.41) is 10.3. The predicted molar refractivity (Wildman–Crippen MR) is 87.1 cm³/mol. The zero-order chi connectivity index (χ0) is 18.7. The molecular weight excluding hydrogens is 347 g/mol. The number of halogens is 3. The molecule has 26 heavy (non-hydrogen) atoms. The van der Waals surface area contributed by atoms with E-state index in [4.69, 9.17) is 4.42 Å². The third kappa shape index (κ3) is 3.90. The second kappa shape index (κ2) is 6.99. The summed E-state index contributed by atoms with van der Waals surface area (Å²) in [4.78, 5) is 12.0. The SMILES string of the molecule is Cc1ccccc1-c1nnc(CNC(=O)c2ccc(C(F)(F)F)cc2)o1. The number of aryl methyl sites for hydroxylation is 1. The van der Waals surface area contributed by atoms with Crippen LogP contribution in [0.2, 0.25) is 0 Å². The van der Waals surface area contributed by atoms with Gasteiger partial charge in [0.15, 0.2) is 0 Å². The number of amides is 1. The Morgan fingerprint density at radius 2 is 1.77 bits per heavy atom. The molecule has 5 nitrogen and oxygen atoms in total. The van der Waals surface area contributed by atoms with E-state index in [1.54, 1.807) is 0 Å². The van der Waals surface area contributed by atoms with Crippen molar-refractivity contribution < 1.29 is 22.4 Å². The standard InChI is InChI=1S/C18H14F3N3O2/c1-11-4-2-3-5-14(11)17-24-23-15(26-17)10-22-16(25)12-6-8-13(9-7-12)18(19,20)21/h2-9H,10H2,1H3,(H,22,25). The zero-order valence-corrected chi connectivity index (χ0v) is 13.7. The summed E-state index contributed by atoms with van der Waals surface area (Å²) in [7, 11) is 0. The highest BCUT2D eigenvalue weighted by molar-refractivity contribution is 5.94. The monoisotopic (exact) mass is 361 g/mol. The molecule has 0 fully saturated rings. The van der Waals surface area contributed by atoms with Crippen molar-refractivity contribution in [3.05, 3.63) is 71.1 Å². The van der Waals surface area contributed by atoms with Crippen molar-refractivity contribution in [3.8, 4) is 11.5 Å². The molecule has 0 aliphatic heterocycles. The maximum atomic E-state index is 12.5. The van der Waals surface area contributed by atoms with Crippen molar-refractivity contribution in [2.45, 2.75) is 19.6 Å². The fourth-order valence-electron chi connectivity index (χ4n) is 2.32. The maximum Gasteiger partial charge on any atom is 0.416 e. The molecule has 0 saturated carbocycles. The average Bonchev–Trinajstić information content (AvgIpc) is 3.08. The number of alkyl halides is 3. The summed E-state index contributed by atoms with van der Waals surface area (Å²) >= 11 is 0. The quantitative estimate of drug-likeness (QED) is 0.763. The predicted octanol–water partition coefficient (Wildman–Crippen LogP) is 3.99. The van der Waals surface area contributed by atoms with Crippen LogP contribution in [0, 0.1) is 6.92 Å². The normalized spacial score (nSPS) is 11.4. The Morgan fingerprint density at radius 3 is 2.42 bits per heavy atom. The fourth-order valence-corrected chi connectivity index (χ4v) is 2.32. The number of rotatable bonds is 4. The Kier molecular flexibility index (Phi) is 4.75. The number of aromatic nitrogens is 2. The molecule has 1 N–H and O–H groups in total. The molecule has 134 valence electrons. The first-order valence-electron chi connectivity index (χ1n) is 7.68. The van der Waals surface area contributed by atoms with Crippen LogP contribution in [0.4, 0.5) is 13.2 Å². The lowest BCUT2D eigenvalue weighted by Gasteiger charge is -2.07. The lowest BCUT2D eigenvalue weighted by molar-refractivity contribution is -0.137. The van der Waals surface area contributed by atoms with E-state index in [9.17, 15) is 18.0 Å². The number of hydrogen-bond acceptors (Lipinski definition) is 4. The van der Waals surface area contributed by atoms with E-state index in [0.717, 1.165) is 35.4 Å². The van der Waals surface area contributed by atoms with Gasteiger partial charge in [0.05, 0.1) is 12.1 Å². The lowest BCUT2D eigenvalue weighted by atomic mass is 10.1. The van der Waals surface area contributed by atoms with E-state index < -0.39 is 17.6 Å². The minimum Gasteiger partial charge on any atom is -0.419 e. The van der Waals surface area contributed by atoms with Gasteiger partial charge in [-0.3, -0.25) is 4.79 Å². The molecule has 2 aromatic carbocycles. The van der Waals surface area contributed by atoms with Gasteiger partial charge in [0.25, 0.3) is 5.91 Å². The Labute approximate surface area is 146 Å². The second-order valence-electron chi connectivity index (χ2n) is 5.57. The third-order valence-corrected chi connectivity index (χ3v) is 3.72. The van der Waals surface area contributed by atoms with Gasteiger partial charge < -0.3 is 9.73 Å². The lowest BCUT2D eigenvalue weighted by Crippen LogP contribution is -2.23. The number of nitrogens with zero attached hydrogens (tertiary/aromatic N) is 2. The summed E-state index contributed by atoms with van der Waals surface area (Å²) in [5.41, 5.74) is 1.06. The molecule has 0 unspecified atom stereocenters. The van der Waals surface area contributed by atoms with Gasteiger partial charge >= 0.3 is 6.18 Å². The van der Waals surface area contributed by atoms with Gasteiger partial charge in [-0.1, -0.05) is 18.2 Å². The Morgan fingerprint density at radius 1 is 1.08 bits per heavy atom. The molecule has 1 aromatic heterocycles. The van der Waals surface area contributed by atoms with Crippen LogP contribution in [0.5, 0.6) is 0 Å². The third-order valence-electron chi connectivity index (χ3n) is 3.72.